The third-order valence-electron chi connectivity index (χ3n) is 3.42. The quantitative estimate of drug-likeness (QED) is 0.604. The Bertz CT molecular complexity index is 332. The molecule has 20 heavy (non-hydrogen) atoms. The molecule has 0 radical (unpaired) electrons. The summed E-state index contributed by atoms with van der Waals surface area (Å²) in [6.07, 6.45) is 6.24. The third-order valence-corrected chi connectivity index (χ3v) is 3.42. The predicted octanol–water partition coefficient (Wildman–Crippen LogP) is 4.43. The summed E-state index contributed by atoms with van der Waals surface area (Å²) in [7, 11) is 0. The van der Waals surface area contributed by atoms with Crippen molar-refractivity contribution in [3.63, 3.8) is 0 Å². The number of hydrogen-bond donors (Lipinski definition) is 1. The summed E-state index contributed by atoms with van der Waals surface area (Å²) in [6, 6.07) is 8.54. The summed E-state index contributed by atoms with van der Waals surface area (Å²) in [5, 5.41) is 3.43. The van der Waals surface area contributed by atoms with Gasteiger partial charge in [0.15, 0.2) is 0 Å². The smallest absolute Gasteiger partial charge is 0.119 e. The Morgan fingerprint density at radius 3 is 2.45 bits per heavy atom. The highest BCUT2D eigenvalue weighted by Gasteiger charge is 1.96. The molecule has 0 aliphatic carbocycles. The van der Waals surface area contributed by atoms with Gasteiger partial charge in [-0.1, -0.05) is 39.3 Å². The second-order valence-electron chi connectivity index (χ2n) is 5.88. The van der Waals surface area contributed by atoms with Gasteiger partial charge in [-0.25, -0.2) is 0 Å². The zero-order chi connectivity index (χ0) is 14.6. The van der Waals surface area contributed by atoms with Gasteiger partial charge in [0.25, 0.3) is 0 Å². The molecule has 0 unspecified atom stereocenters. The van der Waals surface area contributed by atoms with E-state index in [1.165, 1.54) is 37.7 Å². The largest absolute Gasteiger partial charge is 0.492 e. The minimum atomic E-state index is 0.746. The van der Waals surface area contributed by atoms with Crippen molar-refractivity contribution in [2.24, 2.45) is 5.92 Å². The van der Waals surface area contributed by atoms with Crippen LogP contribution in [0.25, 0.3) is 0 Å². The summed E-state index contributed by atoms with van der Waals surface area (Å²) in [6.45, 7) is 9.54. The molecule has 2 nitrogen and oxygen atoms in total. The van der Waals surface area contributed by atoms with Crippen molar-refractivity contribution in [2.45, 2.75) is 52.9 Å². The topological polar surface area (TPSA) is 21.3 Å². The molecular formula is C18H31NO. The first kappa shape index (κ1) is 17.0. The van der Waals surface area contributed by atoms with Crippen molar-refractivity contribution in [2.75, 3.05) is 19.7 Å². The van der Waals surface area contributed by atoms with E-state index in [-0.39, 0.29) is 0 Å². The fraction of sp³-hybridized carbons (Fsp3) is 0.667. The maximum Gasteiger partial charge on any atom is 0.119 e. The molecule has 0 atom stereocenters. The fourth-order valence-corrected chi connectivity index (χ4v) is 2.13. The lowest BCUT2D eigenvalue weighted by Gasteiger charge is -2.09. The van der Waals surface area contributed by atoms with Gasteiger partial charge in [-0.2, -0.15) is 0 Å². The van der Waals surface area contributed by atoms with Gasteiger partial charge in [-0.3, -0.25) is 0 Å². The van der Waals surface area contributed by atoms with E-state index >= 15 is 0 Å². The first-order chi connectivity index (χ1) is 9.72. The van der Waals surface area contributed by atoms with Gasteiger partial charge in [0.05, 0.1) is 0 Å². The van der Waals surface area contributed by atoms with E-state index in [0.717, 1.165) is 31.4 Å². The van der Waals surface area contributed by atoms with Gasteiger partial charge in [0.1, 0.15) is 12.4 Å². The first-order valence-electron chi connectivity index (χ1n) is 8.14. The maximum absolute atomic E-state index is 5.73. The van der Waals surface area contributed by atoms with E-state index in [2.05, 4.69) is 50.4 Å². The summed E-state index contributed by atoms with van der Waals surface area (Å²) in [5.41, 5.74) is 1.41. The molecule has 0 aromatic heterocycles. The van der Waals surface area contributed by atoms with Crippen molar-refractivity contribution in [1.29, 1.82) is 0 Å². The first-order valence-corrected chi connectivity index (χ1v) is 8.14. The van der Waals surface area contributed by atoms with Crippen molar-refractivity contribution >= 4 is 0 Å². The van der Waals surface area contributed by atoms with Crippen LogP contribution in [0.3, 0.4) is 0 Å². The molecule has 0 saturated heterocycles. The SMILES string of the molecule is CCCCc1ccc(OCCNCCCC(C)C)cc1. The number of unbranched alkanes of at least 4 members (excludes halogenated alkanes) is 1. The zero-order valence-corrected chi connectivity index (χ0v) is 13.5. The van der Waals surface area contributed by atoms with Crippen LogP contribution in [0.1, 0.15) is 52.0 Å². The molecule has 0 bridgehead atoms. The highest BCUT2D eigenvalue weighted by molar-refractivity contribution is 5.27. The van der Waals surface area contributed by atoms with Crippen LogP contribution in [-0.4, -0.2) is 19.7 Å². The highest BCUT2D eigenvalue weighted by atomic mass is 16.5. The molecule has 0 spiro atoms. The number of rotatable bonds is 11. The lowest BCUT2D eigenvalue weighted by atomic mass is 10.1. The minimum Gasteiger partial charge on any atom is -0.492 e. The Labute approximate surface area is 124 Å². The number of benzene rings is 1. The molecule has 0 heterocycles. The second-order valence-corrected chi connectivity index (χ2v) is 5.88. The molecule has 0 aliphatic heterocycles. The van der Waals surface area contributed by atoms with Gasteiger partial charge in [-0.05, 0) is 55.8 Å². The number of aryl methyl sites for hydroxylation is 1. The molecule has 114 valence electrons. The molecule has 0 saturated carbocycles. The van der Waals surface area contributed by atoms with Crippen molar-refractivity contribution in [1.82, 2.24) is 5.32 Å². The number of nitrogens with one attached hydrogen (secondary N) is 1. The zero-order valence-electron chi connectivity index (χ0n) is 13.5. The van der Waals surface area contributed by atoms with Crippen LogP contribution in [-0.2, 0) is 6.42 Å². The standard InChI is InChI=1S/C18H31NO/c1-4-5-8-17-9-11-18(12-10-17)20-15-14-19-13-6-7-16(2)3/h9-12,16,19H,4-8,13-15H2,1-3H3. The Kier molecular flexibility index (Phi) is 9.14. The van der Waals surface area contributed by atoms with Crippen LogP contribution in [0.4, 0.5) is 0 Å². The van der Waals surface area contributed by atoms with E-state index in [4.69, 9.17) is 4.74 Å². The molecule has 0 aliphatic rings. The molecule has 0 fully saturated rings. The summed E-state index contributed by atoms with van der Waals surface area (Å²) in [5.74, 6) is 1.79. The maximum atomic E-state index is 5.73. The Hall–Kier alpha value is -1.02. The summed E-state index contributed by atoms with van der Waals surface area (Å²) < 4.78 is 5.73. The number of ether oxygens (including phenoxy) is 1. The fourth-order valence-electron chi connectivity index (χ4n) is 2.13. The van der Waals surface area contributed by atoms with E-state index in [9.17, 15) is 0 Å². The molecule has 1 rings (SSSR count). The van der Waals surface area contributed by atoms with Crippen molar-refractivity contribution in [3.05, 3.63) is 29.8 Å². The molecule has 2 heteroatoms. The summed E-state index contributed by atoms with van der Waals surface area (Å²) >= 11 is 0. The molecule has 1 aromatic carbocycles. The second kappa shape index (κ2) is 10.7. The predicted molar refractivity (Wildman–Crippen MR) is 87.5 cm³/mol. The van der Waals surface area contributed by atoms with Gasteiger partial charge >= 0.3 is 0 Å². The Morgan fingerprint density at radius 1 is 1.05 bits per heavy atom. The van der Waals surface area contributed by atoms with E-state index in [1.807, 2.05) is 0 Å². The van der Waals surface area contributed by atoms with Gasteiger partial charge in [0, 0.05) is 6.54 Å². The normalized spacial score (nSPS) is 11.0. The Balaban J connectivity index is 2.07. The van der Waals surface area contributed by atoms with Crippen LogP contribution in [0, 0.1) is 5.92 Å². The van der Waals surface area contributed by atoms with Gasteiger partial charge < -0.3 is 10.1 Å². The van der Waals surface area contributed by atoms with Gasteiger partial charge in [-0.15, -0.1) is 0 Å². The van der Waals surface area contributed by atoms with Crippen LogP contribution in [0.15, 0.2) is 24.3 Å². The minimum absolute atomic E-state index is 0.746. The van der Waals surface area contributed by atoms with Gasteiger partial charge in [0.2, 0.25) is 0 Å². The molecular weight excluding hydrogens is 246 g/mol. The van der Waals surface area contributed by atoms with Crippen LogP contribution >= 0.6 is 0 Å². The third kappa shape index (κ3) is 8.21. The van der Waals surface area contributed by atoms with Crippen LogP contribution < -0.4 is 10.1 Å². The van der Waals surface area contributed by atoms with Crippen molar-refractivity contribution in [3.8, 4) is 5.75 Å². The van der Waals surface area contributed by atoms with Crippen LogP contribution in [0.2, 0.25) is 0 Å². The molecule has 1 aromatic rings. The van der Waals surface area contributed by atoms with E-state index in [0.29, 0.717) is 0 Å². The highest BCUT2D eigenvalue weighted by Crippen LogP contribution is 2.13. The average molecular weight is 277 g/mol. The molecule has 0 amide bonds. The average Bonchev–Trinajstić information content (AvgIpc) is 2.45. The Morgan fingerprint density at radius 2 is 1.80 bits per heavy atom. The molecule has 1 N–H and O–H groups in total. The van der Waals surface area contributed by atoms with E-state index in [1.54, 1.807) is 0 Å². The van der Waals surface area contributed by atoms with Crippen LogP contribution in [0.5, 0.6) is 5.75 Å². The monoisotopic (exact) mass is 277 g/mol. The lowest BCUT2D eigenvalue weighted by molar-refractivity contribution is 0.313. The van der Waals surface area contributed by atoms with Crippen molar-refractivity contribution < 1.29 is 4.74 Å². The lowest BCUT2D eigenvalue weighted by Crippen LogP contribution is -2.22. The number of hydrogen-bond acceptors (Lipinski definition) is 2. The van der Waals surface area contributed by atoms with E-state index < -0.39 is 0 Å². The summed E-state index contributed by atoms with van der Waals surface area (Å²) in [4.78, 5) is 0.